The second kappa shape index (κ2) is 8.92. The van der Waals surface area contributed by atoms with Crippen LogP contribution in [0.3, 0.4) is 0 Å². The van der Waals surface area contributed by atoms with E-state index in [1.165, 1.54) is 0 Å². The summed E-state index contributed by atoms with van der Waals surface area (Å²) in [6.45, 7) is 9.95. The average molecular weight is 423 g/mol. The molecule has 2 heterocycles. The SMILES string of the molecule is CC(CC[C@@H]1OC(C)(C)OC1=O)CC(=O)N1CCN(c2ccc(Cl)cc2)C[C@H]1C. The van der Waals surface area contributed by atoms with Gasteiger partial charge in [-0.15, -0.1) is 0 Å². The number of hydrogen-bond acceptors (Lipinski definition) is 5. The average Bonchev–Trinajstić information content (AvgIpc) is 2.92. The third-order valence-electron chi connectivity index (χ3n) is 5.62. The molecule has 7 heteroatoms. The minimum absolute atomic E-state index is 0.146. The fourth-order valence-corrected chi connectivity index (χ4v) is 4.19. The van der Waals surface area contributed by atoms with Crippen molar-refractivity contribution in [3.05, 3.63) is 29.3 Å². The third kappa shape index (κ3) is 5.64. The number of carbonyl (C=O) groups excluding carboxylic acids is 2. The van der Waals surface area contributed by atoms with E-state index in [0.29, 0.717) is 19.4 Å². The zero-order chi connectivity index (χ0) is 21.2. The largest absolute Gasteiger partial charge is 0.432 e. The molecule has 2 aliphatic rings. The van der Waals surface area contributed by atoms with E-state index >= 15 is 0 Å². The Kier molecular flexibility index (Phi) is 6.74. The number of ether oxygens (including phenoxy) is 2. The summed E-state index contributed by atoms with van der Waals surface area (Å²) in [5.74, 6) is -0.791. The second-order valence-corrected chi connectivity index (χ2v) is 9.11. The number of piperazine rings is 1. The summed E-state index contributed by atoms with van der Waals surface area (Å²) in [6.07, 6.45) is 1.29. The van der Waals surface area contributed by atoms with Gasteiger partial charge in [0.05, 0.1) is 0 Å². The fraction of sp³-hybridized carbons (Fsp3) is 0.636. The van der Waals surface area contributed by atoms with Crippen LogP contribution >= 0.6 is 11.6 Å². The summed E-state index contributed by atoms with van der Waals surface area (Å²) in [7, 11) is 0. The van der Waals surface area contributed by atoms with Crippen LogP contribution < -0.4 is 4.90 Å². The Morgan fingerprint density at radius 2 is 1.97 bits per heavy atom. The summed E-state index contributed by atoms with van der Waals surface area (Å²) < 4.78 is 10.8. The number of nitrogens with zero attached hydrogens (tertiary/aromatic N) is 2. The van der Waals surface area contributed by atoms with Crippen molar-refractivity contribution >= 4 is 29.2 Å². The highest BCUT2D eigenvalue weighted by Gasteiger charge is 2.40. The van der Waals surface area contributed by atoms with Crippen LogP contribution in [0.5, 0.6) is 0 Å². The van der Waals surface area contributed by atoms with E-state index in [9.17, 15) is 9.59 Å². The Labute approximate surface area is 178 Å². The number of rotatable bonds is 6. The van der Waals surface area contributed by atoms with Gasteiger partial charge in [-0.05, 0) is 49.9 Å². The van der Waals surface area contributed by atoms with E-state index < -0.39 is 11.9 Å². The van der Waals surface area contributed by atoms with Gasteiger partial charge in [-0.3, -0.25) is 4.79 Å². The lowest BCUT2D eigenvalue weighted by Gasteiger charge is -2.41. The number of benzene rings is 1. The van der Waals surface area contributed by atoms with Crippen molar-refractivity contribution in [1.29, 1.82) is 0 Å². The van der Waals surface area contributed by atoms with E-state index in [1.807, 2.05) is 29.2 Å². The van der Waals surface area contributed by atoms with Crippen LogP contribution in [0.25, 0.3) is 0 Å². The van der Waals surface area contributed by atoms with Crippen LogP contribution in [0.4, 0.5) is 5.69 Å². The van der Waals surface area contributed by atoms with Crippen LogP contribution in [0.2, 0.25) is 5.02 Å². The second-order valence-electron chi connectivity index (χ2n) is 8.67. The molecule has 1 amide bonds. The van der Waals surface area contributed by atoms with Crippen LogP contribution in [0.15, 0.2) is 24.3 Å². The Morgan fingerprint density at radius 1 is 1.28 bits per heavy atom. The molecule has 0 aliphatic carbocycles. The van der Waals surface area contributed by atoms with Gasteiger partial charge < -0.3 is 19.3 Å². The number of halogens is 1. The lowest BCUT2D eigenvalue weighted by atomic mass is 9.98. The van der Waals surface area contributed by atoms with Crippen molar-refractivity contribution in [2.75, 3.05) is 24.5 Å². The molecule has 1 unspecified atom stereocenters. The van der Waals surface area contributed by atoms with Gasteiger partial charge in [0.15, 0.2) is 6.10 Å². The fourth-order valence-electron chi connectivity index (χ4n) is 4.07. The van der Waals surface area contributed by atoms with Crippen LogP contribution in [0.1, 0.15) is 47.0 Å². The first-order chi connectivity index (χ1) is 13.6. The molecule has 1 aromatic rings. The molecule has 0 N–H and O–H groups in total. The molecule has 3 atom stereocenters. The van der Waals surface area contributed by atoms with Crippen molar-refractivity contribution in [2.24, 2.45) is 5.92 Å². The topological polar surface area (TPSA) is 59.1 Å². The smallest absolute Gasteiger partial charge is 0.337 e. The molecule has 160 valence electrons. The monoisotopic (exact) mass is 422 g/mol. The summed E-state index contributed by atoms with van der Waals surface area (Å²) >= 11 is 5.98. The molecular weight excluding hydrogens is 392 g/mol. The van der Waals surface area contributed by atoms with Crippen molar-refractivity contribution < 1.29 is 19.1 Å². The Bertz CT molecular complexity index is 737. The molecular formula is C22H31ClN2O4. The molecule has 0 aromatic heterocycles. The number of hydrogen-bond donors (Lipinski definition) is 0. The predicted molar refractivity (Wildman–Crippen MR) is 113 cm³/mol. The Hall–Kier alpha value is -1.79. The number of amides is 1. The molecule has 6 nitrogen and oxygen atoms in total. The normalized spacial score (nSPS) is 25.1. The van der Waals surface area contributed by atoms with Gasteiger partial charge in [0.2, 0.25) is 11.7 Å². The van der Waals surface area contributed by atoms with Gasteiger partial charge in [0.25, 0.3) is 0 Å². The van der Waals surface area contributed by atoms with Crippen molar-refractivity contribution in [3.8, 4) is 0 Å². The van der Waals surface area contributed by atoms with Crippen LogP contribution in [-0.4, -0.2) is 54.3 Å². The molecule has 3 rings (SSSR count). The summed E-state index contributed by atoms with van der Waals surface area (Å²) in [6, 6.07) is 7.98. The summed E-state index contributed by atoms with van der Waals surface area (Å²) in [5, 5.41) is 0.726. The van der Waals surface area contributed by atoms with E-state index in [1.54, 1.807) is 13.8 Å². The standard InChI is InChI=1S/C22H31ClN2O4/c1-15(5-10-19-21(27)29-22(3,4)28-19)13-20(26)25-12-11-24(14-16(25)2)18-8-6-17(23)7-9-18/h6-9,15-16,19H,5,10-14H2,1-4H3/t15?,16-,19+/m1/s1. The highest BCUT2D eigenvalue weighted by Crippen LogP contribution is 2.28. The highest BCUT2D eigenvalue weighted by atomic mass is 35.5. The van der Waals surface area contributed by atoms with Gasteiger partial charge in [0, 0.05) is 56.7 Å². The van der Waals surface area contributed by atoms with Gasteiger partial charge in [-0.25, -0.2) is 4.79 Å². The predicted octanol–water partition coefficient (Wildman–Crippen LogP) is 3.86. The quantitative estimate of drug-likeness (QED) is 0.651. The molecule has 0 radical (unpaired) electrons. The molecule has 2 fully saturated rings. The molecule has 0 bridgehead atoms. The number of carbonyl (C=O) groups is 2. The maximum atomic E-state index is 12.8. The number of esters is 1. The lowest BCUT2D eigenvalue weighted by molar-refractivity contribution is -0.161. The summed E-state index contributed by atoms with van der Waals surface area (Å²) in [5.41, 5.74) is 1.13. The molecule has 29 heavy (non-hydrogen) atoms. The van der Waals surface area contributed by atoms with Crippen molar-refractivity contribution in [2.45, 2.75) is 64.9 Å². The molecule has 0 saturated carbocycles. The first-order valence-corrected chi connectivity index (χ1v) is 10.7. The number of anilines is 1. The number of cyclic esters (lactones) is 1. The Balaban J connectivity index is 1.45. The van der Waals surface area contributed by atoms with E-state index in [-0.39, 0.29) is 23.8 Å². The minimum Gasteiger partial charge on any atom is -0.432 e. The Morgan fingerprint density at radius 3 is 2.55 bits per heavy atom. The lowest BCUT2D eigenvalue weighted by Crippen LogP contribution is -2.54. The van der Waals surface area contributed by atoms with E-state index in [4.69, 9.17) is 21.1 Å². The van der Waals surface area contributed by atoms with Crippen LogP contribution in [0, 0.1) is 5.92 Å². The zero-order valence-electron chi connectivity index (χ0n) is 17.7. The molecule has 2 aliphatic heterocycles. The maximum absolute atomic E-state index is 12.8. The van der Waals surface area contributed by atoms with Gasteiger partial charge >= 0.3 is 5.97 Å². The third-order valence-corrected chi connectivity index (χ3v) is 5.87. The van der Waals surface area contributed by atoms with Gasteiger partial charge in [0.1, 0.15) is 0 Å². The van der Waals surface area contributed by atoms with E-state index in [2.05, 4.69) is 18.7 Å². The van der Waals surface area contributed by atoms with Crippen LogP contribution in [-0.2, 0) is 19.1 Å². The molecule has 1 aromatic carbocycles. The summed E-state index contributed by atoms with van der Waals surface area (Å²) in [4.78, 5) is 29.0. The van der Waals surface area contributed by atoms with Crippen molar-refractivity contribution in [1.82, 2.24) is 4.90 Å². The van der Waals surface area contributed by atoms with Crippen molar-refractivity contribution in [3.63, 3.8) is 0 Å². The zero-order valence-corrected chi connectivity index (χ0v) is 18.4. The van der Waals surface area contributed by atoms with Gasteiger partial charge in [-0.1, -0.05) is 18.5 Å². The minimum atomic E-state index is -0.847. The van der Waals surface area contributed by atoms with E-state index in [0.717, 1.165) is 30.2 Å². The van der Waals surface area contributed by atoms with Gasteiger partial charge in [-0.2, -0.15) is 0 Å². The maximum Gasteiger partial charge on any atom is 0.337 e. The molecule has 0 spiro atoms. The molecule has 2 saturated heterocycles. The first kappa shape index (κ1) is 21.9. The highest BCUT2D eigenvalue weighted by molar-refractivity contribution is 6.30. The first-order valence-electron chi connectivity index (χ1n) is 10.4.